The number of aromatic hydroxyl groups is 1. The molecule has 0 spiro atoms. The quantitative estimate of drug-likeness (QED) is 0.131. The van der Waals surface area contributed by atoms with Crippen LogP contribution in [0, 0.1) is 12.0 Å². The average Bonchev–Trinajstić information content (AvgIpc) is 3.71. The number of fused-ring (bicyclic) bond motifs is 1. The standard InChI is InChI=1S/C62H60N3O.Pt/c1-39(2)31-42-23-28-57(54(32-42)46-19-14-11-15-20-46)65-58-22-16-21-52(59(58)64-61(65)55-37-48(40(3)4)36-53(41(5)6)60(55)66)49-33-50(35-51(34-49)62(7,8)9)56-38-47(29-30-63-56)45-26-24-44(25-27-45)43-17-12-10-13-18-43;/h10-30,32,34-41,66H,31H2,1-9H3;/q-1;. The summed E-state index contributed by atoms with van der Waals surface area (Å²) in [4.78, 5) is 10.6. The first-order valence-electron chi connectivity index (χ1n) is 23.5. The van der Waals surface area contributed by atoms with Crippen molar-refractivity contribution in [1.82, 2.24) is 14.5 Å². The SMILES string of the molecule is CC(C)Cc1ccc(-n2c(-c3cc(C(C)C)cc(C(C)C)c3O)nc3c(-c4[c-]c(-c5cc(-c6ccc(-c7ccccc7)cc6)ccn5)cc(C(C)(C)C)c4)cccc32)c(-c2ccccc2)c1.[Pt]. The van der Waals surface area contributed by atoms with Gasteiger partial charge < -0.3 is 5.11 Å². The molecule has 7 aromatic carbocycles. The minimum atomic E-state index is -0.166. The summed E-state index contributed by atoms with van der Waals surface area (Å²) in [5.74, 6) is 1.84. The number of para-hydroxylation sites is 1. The Morgan fingerprint density at radius 2 is 1.22 bits per heavy atom. The molecule has 0 bridgehead atoms. The Labute approximate surface area is 412 Å². The predicted octanol–water partition coefficient (Wildman–Crippen LogP) is 16.7. The summed E-state index contributed by atoms with van der Waals surface area (Å²) in [6, 6.07) is 60.2. The average molecular weight is 1060 g/mol. The zero-order valence-electron chi connectivity index (χ0n) is 40.1. The third-order valence-electron chi connectivity index (χ3n) is 12.8. The van der Waals surface area contributed by atoms with Gasteiger partial charge in [-0.15, -0.1) is 29.3 Å². The van der Waals surface area contributed by atoms with Crippen molar-refractivity contribution in [2.24, 2.45) is 5.92 Å². The van der Waals surface area contributed by atoms with Gasteiger partial charge in [-0.2, -0.15) is 0 Å². The van der Waals surface area contributed by atoms with Crippen molar-refractivity contribution < 1.29 is 26.2 Å². The molecule has 9 rings (SSSR count). The number of phenolic OH excluding ortho intramolecular Hbond substituents is 1. The maximum absolute atomic E-state index is 12.3. The van der Waals surface area contributed by atoms with Gasteiger partial charge in [-0.1, -0.05) is 189 Å². The molecule has 0 radical (unpaired) electrons. The number of aromatic nitrogens is 3. The number of benzene rings is 7. The Bertz CT molecular complexity index is 3180. The molecule has 1 N–H and O–H groups in total. The van der Waals surface area contributed by atoms with Crippen LogP contribution in [0.25, 0.3) is 83.9 Å². The molecule has 0 aliphatic rings. The molecule has 2 aromatic heterocycles. The summed E-state index contributed by atoms with van der Waals surface area (Å²) in [7, 11) is 0. The van der Waals surface area contributed by atoms with E-state index in [0.29, 0.717) is 11.7 Å². The molecule has 9 aromatic rings. The monoisotopic (exact) mass is 1060 g/mol. The van der Waals surface area contributed by atoms with Crippen LogP contribution in [0.4, 0.5) is 0 Å². The number of rotatable bonds is 11. The largest absolute Gasteiger partial charge is 0.507 e. The maximum atomic E-state index is 12.3. The van der Waals surface area contributed by atoms with Gasteiger partial charge in [-0.05, 0) is 104 Å². The predicted molar refractivity (Wildman–Crippen MR) is 277 cm³/mol. The van der Waals surface area contributed by atoms with Gasteiger partial charge in [0, 0.05) is 38.5 Å². The van der Waals surface area contributed by atoms with E-state index >= 15 is 0 Å². The van der Waals surface area contributed by atoms with Gasteiger partial charge in [0.25, 0.3) is 0 Å². The zero-order chi connectivity index (χ0) is 46.3. The van der Waals surface area contributed by atoms with Gasteiger partial charge in [0.1, 0.15) is 11.6 Å². The van der Waals surface area contributed by atoms with Gasteiger partial charge in [-0.3, -0.25) is 9.55 Å². The van der Waals surface area contributed by atoms with Crippen molar-refractivity contribution >= 4 is 11.0 Å². The van der Waals surface area contributed by atoms with E-state index in [1.54, 1.807) is 0 Å². The van der Waals surface area contributed by atoms with Gasteiger partial charge in [0.15, 0.2) is 0 Å². The van der Waals surface area contributed by atoms with Crippen LogP contribution < -0.4 is 0 Å². The van der Waals surface area contributed by atoms with Gasteiger partial charge in [0.2, 0.25) is 0 Å². The molecular weight excluding hydrogens is 998 g/mol. The first-order valence-corrected chi connectivity index (χ1v) is 23.5. The normalized spacial score (nSPS) is 11.8. The van der Waals surface area contributed by atoms with E-state index in [9.17, 15) is 5.11 Å². The molecule has 0 aliphatic heterocycles. The van der Waals surface area contributed by atoms with Crippen LogP contribution in [0.3, 0.4) is 0 Å². The first kappa shape index (κ1) is 47.2. The van der Waals surface area contributed by atoms with Gasteiger partial charge in [0.05, 0.1) is 22.3 Å². The molecule has 2 heterocycles. The van der Waals surface area contributed by atoms with Crippen LogP contribution in [-0.4, -0.2) is 19.6 Å². The molecule has 0 saturated carbocycles. The fourth-order valence-corrected chi connectivity index (χ4v) is 9.12. The summed E-state index contributed by atoms with van der Waals surface area (Å²) < 4.78 is 2.28. The fraction of sp³-hybridized carbons (Fsp3) is 0.226. The molecule has 0 aliphatic carbocycles. The van der Waals surface area contributed by atoms with E-state index in [1.807, 2.05) is 12.3 Å². The number of hydrogen-bond donors (Lipinski definition) is 1. The zero-order valence-corrected chi connectivity index (χ0v) is 42.4. The minimum Gasteiger partial charge on any atom is -0.507 e. The molecule has 0 fully saturated rings. The summed E-state index contributed by atoms with van der Waals surface area (Å²) in [5, 5.41) is 12.3. The number of imidazole rings is 1. The summed E-state index contributed by atoms with van der Waals surface area (Å²) >= 11 is 0. The van der Waals surface area contributed by atoms with Crippen LogP contribution in [0.5, 0.6) is 5.75 Å². The Morgan fingerprint density at radius 1 is 0.582 bits per heavy atom. The van der Waals surface area contributed by atoms with Crippen molar-refractivity contribution in [3.63, 3.8) is 0 Å². The van der Waals surface area contributed by atoms with E-state index in [2.05, 4.69) is 225 Å². The summed E-state index contributed by atoms with van der Waals surface area (Å²) in [6.45, 7) is 20.0. The van der Waals surface area contributed by atoms with E-state index in [0.717, 1.165) is 78.9 Å². The second-order valence-electron chi connectivity index (χ2n) is 19.9. The molecule has 0 amide bonds. The van der Waals surface area contributed by atoms with Crippen LogP contribution in [0.2, 0.25) is 0 Å². The van der Waals surface area contributed by atoms with Gasteiger partial charge >= 0.3 is 0 Å². The summed E-state index contributed by atoms with van der Waals surface area (Å²) in [6.07, 6.45) is 2.87. The van der Waals surface area contributed by atoms with Crippen molar-refractivity contribution in [2.45, 2.75) is 86.0 Å². The molecule has 4 nitrogen and oxygen atoms in total. The smallest absolute Gasteiger partial charge is 0.148 e. The first-order chi connectivity index (χ1) is 31.7. The third kappa shape index (κ3) is 9.74. The molecule has 0 saturated heterocycles. The second kappa shape index (κ2) is 19.5. The third-order valence-corrected chi connectivity index (χ3v) is 12.8. The Kier molecular flexibility index (Phi) is 13.7. The maximum Gasteiger partial charge on any atom is 0.148 e. The minimum absolute atomic E-state index is 0. The second-order valence-corrected chi connectivity index (χ2v) is 19.9. The molecule has 67 heavy (non-hydrogen) atoms. The molecule has 0 atom stereocenters. The number of phenols is 1. The van der Waals surface area contributed by atoms with Crippen molar-refractivity contribution in [3.05, 3.63) is 192 Å². The van der Waals surface area contributed by atoms with Crippen LogP contribution in [0.1, 0.15) is 96.4 Å². The van der Waals surface area contributed by atoms with E-state index in [4.69, 9.17) is 9.97 Å². The molecule has 5 heteroatoms. The van der Waals surface area contributed by atoms with Crippen molar-refractivity contribution in [1.29, 1.82) is 0 Å². The number of hydrogen-bond acceptors (Lipinski definition) is 3. The molecule has 0 unspecified atom stereocenters. The Balaban J connectivity index is 0.00000608. The van der Waals surface area contributed by atoms with Gasteiger partial charge in [-0.25, -0.2) is 4.98 Å². The molecular formula is C62H60N3OPt-. The van der Waals surface area contributed by atoms with Crippen LogP contribution in [0.15, 0.2) is 164 Å². The van der Waals surface area contributed by atoms with Crippen LogP contribution in [-0.2, 0) is 32.9 Å². The fourth-order valence-electron chi connectivity index (χ4n) is 9.12. The summed E-state index contributed by atoms with van der Waals surface area (Å²) in [5.41, 5.74) is 18.5. The Hall–Kier alpha value is -6.35. The van der Waals surface area contributed by atoms with Crippen LogP contribution >= 0.6 is 0 Å². The van der Waals surface area contributed by atoms with Crippen molar-refractivity contribution in [2.75, 3.05) is 0 Å². The molecule has 340 valence electrons. The Morgan fingerprint density at radius 3 is 1.87 bits per heavy atom. The van der Waals surface area contributed by atoms with E-state index in [-0.39, 0.29) is 44.1 Å². The number of nitrogens with zero attached hydrogens (tertiary/aromatic N) is 3. The van der Waals surface area contributed by atoms with E-state index in [1.165, 1.54) is 27.8 Å². The topological polar surface area (TPSA) is 50.9 Å². The van der Waals surface area contributed by atoms with Crippen molar-refractivity contribution in [3.8, 4) is 78.6 Å². The van der Waals surface area contributed by atoms with E-state index < -0.39 is 0 Å². The number of pyridine rings is 1.